The Morgan fingerprint density at radius 2 is 2.29 bits per heavy atom. The normalized spacial score (nSPS) is 17.2. The molecule has 0 amide bonds. The zero-order chi connectivity index (χ0) is 18.8. The molecule has 28 heavy (non-hydrogen) atoms. The monoisotopic (exact) mass is 512 g/mol. The Morgan fingerprint density at radius 3 is 3.04 bits per heavy atom. The molecule has 0 spiro atoms. The first-order valence-electron chi connectivity index (χ1n) is 9.33. The number of nitrogens with zero attached hydrogens (tertiary/aromatic N) is 4. The Bertz CT molecular complexity index is 963. The first kappa shape index (κ1) is 21.0. The number of H-pyrrole nitrogens is 1. The molecule has 0 bridgehead atoms. The minimum absolute atomic E-state index is 0. The van der Waals surface area contributed by atoms with Crippen LogP contribution in [0.3, 0.4) is 0 Å². The number of fused-ring (bicyclic) bond motifs is 1. The van der Waals surface area contributed by atoms with E-state index in [2.05, 4.69) is 37.7 Å². The van der Waals surface area contributed by atoms with Gasteiger partial charge in [-0.2, -0.15) is 5.10 Å². The lowest BCUT2D eigenvalue weighted by Crippen LogP contribution is -2.40. The third-order valence-electron chi connectivity index (χ3n) is 5.30. The molecule has 3 aromatic rings. The lowest BCUT2D eigenvalue weighted by molar-refractivity contribution is 0.486. The maximum atomic E-state index is 6.15. The number of hydrogen-bond donors (Lipinski definition) is 2. The van der Waals surface area contributed by atoms with Gasteiger partial charge in [0.1, 0.15) is 0 Å². The van der Waals surface area contributed by atoms with Gasteiger partial charge in [0.25, 0.3) is 0 Å². The van der Waals surface area contributed by atoms with Crippen LogP contribution >= 0.6 is 35.6 Å². The maximum Gasteiger partial charge on any atom is 0.193 e. The molecule has 2 aromatic heterocycles. The number of aromatic amines is 1. The molecule has 1 saturated heterocycles. The van der Waals surface area contributed by atoms with Gasteiger partial charge < -0.3 is 15.2 Å². The number of likely N-dealkylation sites (tertiary alicyclic amines) is 1. The summed E-state index contributed by atoms with van der Waals surface area (Å²) in [6.07, 6.45) is 8.21. The molecule has 3 heterocycles. The van der Waals surface area contributed by atoms with Gasteiger partial charge in [-0.05, 0) is 42.2 Å². The molecular weight excluding hydrogens is 487 g/mol. The van der Waals surface area contributed by atoms with E-state index in [0.717, 1.165) is 49.0 Å². The fraction of sp³-hybridized carbons (Fsp3) is 0.400. The topological polar surface area (TPSA) is 61.2 Å². The number of benzene rings is 1. The van der Waals surface area contributed by atoms with Crippen LogP contribution in [0.1, 0.15) is 23.5 Å². The standard InChI is InChI=1S/C20H25ClN6.HI/c1-22-20(27-8-6-15(13-27)16-11-25-26(2)12-16)23-7-5-14-10-24-19-4-3-17(21)9-18(14)19;/h3-4,9-12,15,24H,5-8,13H2,1-2H3,(H,22,23);1H. The first-order valence-corrected chi connectivity index (χ1v) is 9.71. The summed E-state index contributed by atoms with van der Waals surface area (Å²) < 4.78 is 1.87. The number of rotatable bonds is 4. The van der Waals surface area contributed by atoms with Gasteiger partial charge in [0.15, 0.2) is 5.96 Å². The average Bonchev–Trinajstić information content (AvgIpc) is 3.38. The molecule has 1 atom stereocenters. The van der Waals surface area contributed by atoms with Crippen molar-refractivity contribution < 1.29 is 0 Å². The number of aromatic nitrogens is 3. The fourth-order valence-corrected chi connectivity index (χ4v) is 4.05. The molecule has 6 nitrogen and oxygen atoms in total. The van der Waals surface area contributed by atoms with E-state index >= 15 is 0 Å². The summed E-state index contributed by atoms with van der Waals surface area (Å²) in [6.45, 7) is 2.83. The number of hydrogen-bond acceptors (Lipinski definition) is 2. The van der Waals surface area contributed by atoms with Crippen molar-refractivity contribution in [3.05, 3.63) is 52.9 Å². The molecule has 8 heteroatoms. The second-order valence-corrected chi connectivity index (χ2v) is 7.54. The molecule has 1 aliphatic rings. The van der Waals surface area contributed by atoms with E-state index in [1.54, 1.807) is 0 Å². The quantitative estimate of drug-likeness (QED) is 0.318. The molecular formula is C20H26ClIN6. The third kappa shape index (κ3) is 4.46. The summed E-state index contributed by atoms with van der Waals surface area (Å²) >= 11 is 6.15. The van der Waals surface area contributed by atoms with Gasteiger partial charge in [-0.25, -0.2) is 0 Å². The van der Waals surface area contributed by atoms with E-state index in [1.807, 2.05) is 43.2 Å². The summed E-state index contributed by atoms with van der Waals surface area (Å²) in [5.74, 6) is 1.49. The Balaban J connectivity index is 0.00000225. The first-order chi connectivity index (χ1) is 13.1. The van der Waals surface area contributed by atoms with Crippen LogP contribution < -0.4 is 5.32 Å². The van der Waals surface area contributed by atoms with Gasteiger partial charge in [-0.15, -0.1) is 24.0 Å². The smallest absolute Gasteiger partial charge is 0.193 e. The van der Waals surface area contributed by atoms with Crippen LogP contribution in [0.25, 0.3) is 10.9 Å². The van der Waals surface area contributed by atoms with Gasteiger partial charge in [0, 0.05) is 68.0 Å². The molecule has 0 aliphatic carbocycles. The van der Waals surface area contributed by atoms with E-state index in [1.165, 1.54) is 16.5 Å². The summed E-state index contributed by atoms with van der Waals surface area (Å²) in [7, 11) is 3.82. The minimum atomic E-state index is 0. The van der Waals surface area contributed by atoms with E-state index in [-0.39, 0.29) is 24.0 Å². The van der Waals surface area contributed by atoms with E-state index in [9.17, 15) is 0 Å². The predicted octanol–water partition coefficient (Wildman–Crippen LogP) is 3.78. The fourth-order valence-electron chi connectivity index (χ4n) is 3.87. The minimum Gasteiger partial charge on any atom is -0.361 e. The zero-order valence-electron chi connectivity index (χ0n) is 16.2. The highest BCUT2D eigenvalue weighted by Gasteiger charge is 2.26. The van der Waals surface area contributed by atoms with Crippen LogP contribution in [0.15, 0.2) is 41.8 Å². The number of aryl methyl sites for hydroxylation is 1. The summed E-state index contributed by atoms with van der Waals surface area (Å²) in [6, 6.07) is 5.96. The SMILES string of the molecule is CN=C(NCCc1c[nH]c2ccc(Cl)cc12)N1CCC(c2cnn(C)c2)C1.I. The molecule has 1 aliphatic heterocycles. The second-order valence-electron chi connectivity index (χ2n) is 7.11. The van der Waals surface area contributed by atoms with Crippen LogP contribution in [-0.4, -0.2) is 52.3 Å². The van der Waals surface area contributed by atoms with Crippen molar-refractivity contribution in [1.29, 1.82) is 0 Å². The van der Waals surface area contributed by atoms with Crippen molar-refractivity contribution in [2.24, 2.45) is 12.0 Å². The van der Waals surface area contributed by atoms with Crippen molar-refractivity contribution in [1.82, 2.24) is 25.0 Å². The van der Waals surface area contributed by atoms with Gasteiger partial charge >= 0.3 is 0 Å². The zero-order valence-corrected chi connectivity index (χ0v) is 19.2. The number of guanidine groups is 1. The van der Waals surface area contributed by atoms with Gasteiger partial charge in [-0.3, -0.25) is 9.67 Å². The van der Waals surface area contributed by atoms with E-state index in [4.69, 9.17) is 11.6 Å². The highest BCUT2D eigenvalue weighted by atomic mass is 127. The number of halogens is 2. The Kier molecular flexibility index (Phi) is 6.87. The van der Waals surface area contributed by atoms with Crippen LogP contribution in [0, 0.1) is 0 Å². The van der Waals surface area contributed by atoms with E-state index in [0.29, 0.717) is 5.92 Å². The third-order valence-corrected chi connectivity index (χ3v) is 5.54. The van der Waals surface area contributed by atoms with Crippen molar-refractivity contribution >= 4 is 52.4 Å². The molecule has 1 fully saturated rings. The molecule has 0 radical (unpaired) electrons. The van der Waals surface area contributed by atoms with Crippen molar-refractivity contribution in [3.63, 3.8) is 0 Å². The Labute approximate surface area is 187 Å². The van der Waals surface area contributed by atoms with Crippen molar-refractivity contribution in [2.75, 3.05) is 26.7 Å². The Morgan fingerprint density at radius 1 is 1.43 bits per heavy atom. The average molecular weight is 513 g/mol. The highest BCUT2D eigenvalue weighted by Crippen LogP contribution is 2.27. The maximum absolute atomic E-state index is 6.15. The van der Waals surface area contributed by atoms with Crippen LogP contribution in [0.5, 0.6) is 0 Å². The summed E-state index contributed by atoms with van der Waals surface area (Å²) in [5.41, 5.74) is 3.70. The number of aliphatic imine (C=N–C) groups is 1. The van der Waals surface area contributed by atoms with Crippen molar-refractivity contribution in [3.8, 4) is 0 Å². The molecule has 1 aromatic carbocycles. The van der Waals surface area contributed by atoms with Crippen molar-refractivity contribution in [2.45, 2.75) is 18.8 Å². The summed E-state index contributed by atoms with van der Waals surface area (Å²) in [5, 5.41) is 9.78. The van der Waals surface area contributed by atoms with Gasteiger partial charge in [-0.1, -0.05) is 11.6 Å². The Hall–Kier alpha value is -1.74. The van der Waals surface area contributed by atoms with E-state index < -0.39 is 0 Å². The highest BCUT2D eigenvalue weighted by molar-refractivity contribution is 14.0. The molecule has 4 rings (SSSR count). The second kappa shape index (κ2) is 9.17. The molecule has 0 saturated carbocycles. The number of nitrogens with one attached hydrogen (secondary N) is 2. The summed E-state index contributed by atoms with van der Waals surface area (Å²) in [4.78, 5) is 10.1. The predicted molar refractivity (Wildman–Crippen MR) is 126 cm³/mol. The van der Waals surface area contributed by atoms with Crippen LogP contribution in [0.4, 0.5) is 0 Å². The molecule has 2 N–H and O–H groups in total. The largest absolute Gasteiger partial charge is 0.361 e. The lowest BCUT2D eigenvalue weighted by atomic mass is 10.0. The van der Waals surface area contributed by atoms with Crippen LogP contribution in [0.2, 0.25) is 5.02 Å². The van der Waals surface area contributed by atoms with Crippen LogP contribution in [-0.2, 0) is 13.5 Å². The van der Waals surface area contributed by atoms with Gasteiger partial charge in [0.2, 0.25) is 0 Å². The molecule has 1 unspecified atom stereocenters. The van der Waals surface area contributed by atoms with Gasteiger partial charge in [0.05, 0.1) is 6.20 Å². The molecule has 150 valence electrons. The lowest BCUT2D eigenvalue weighted by Gasteiger charge is -2.21.